The van der Waals surface area contributed by atoms with Gasteiger partial charge in [-0.1, -0.05) is 24.8 Å². The van der Waals surface area contributed by atoms with Crippen molar-refractivity contribution in [2.24, 2.45) is 0 Å². The Morgan fingerprint density at radius 1 is 1.11 bits per heavy atom. The lowest BCUT2D eigenvalue weighted by Gasteiger charge is -2.30. The van der Waals surface area contributed by atoms with Crippen molar-refractivity contribution in [3.05, 3.63) is 48.0 Å². The van der Waals surface area contributed by atoms with Crippen molar-refractivity contribution >= 4 is 22.6 Å². The van der Waals surface area contributed by atoms with Crippen LogP contribution in [0.4, 0.5) is 10.5 Å². The summed E-state index contributed by atoms with van der Waals surface area (Å²) in [6.07, 6.45) is -1.21. The van der Waals surface area contributed by atoms with Gasteiger partial charge in [0, 0.05) is 23.6 Å². The number of benzene rings is 2. The van der Waals surface area contributed by atoms with Gasteiger partial charge in [0.1, 0.15) is 18.0 Å². The molecule has 1 aliphatic rings. The fraction of sp³-hybridized carbons (Fsp3) is 0.517. The molecule has 8 nitrogen and oxygen atoms in total. The van der Waals surface area contributed by atoms with Crippen LogP contribution in [0.3, 0.4) is 0 Å². The lowest BCUT2D eigenvalue weighted by atomic mass is 9.90. The summed E-state index contributed by atoms with van der Waals surface area (Å²) < 4.78 is 29.5. The Bertz CT molecular complexity index is 1190. The van der Waals surface area contributed by atoms with Crippen molar-refractivity contribution in [2.75, 3.05) is 31.8 Å². The number of carbonyl (C=O) groups excluding carboxylic acids is 1. The Morgan fingerprint density at radius 3 is 2.30 bits per heavy atom. The second-order valence-corrected chi connectivity index (χ2v) is 11.1. The molecule has 0 aromatic heterocycles. The SMILES string of the molecule is C=C(C#N)CN(C(=O)OC(C)(C)C)c1c(OCCOC)ccc2ccc(C3OC(C)(C)C(C)(C)O3)cc12. The summed E-state index contributed by atoms with van der Waals surface area (Å²) in [5.41, 5.74) is -0.296. The number of methoxy groups -OCH3 is 1. The Morgan fingerprint density at radius 2 is 1.73 bits per heavy atom. The molecule has 0 spiro atoms. The van der Waals surface area contributed by atoms with Crippen molar-refractivity contribution in [1.82, 2.24) is 0 Å². The largest absolute Gasteiger partial charge is 0.489 e. The molecule has 0 unspecified atom stereocenters. The molecule has 1 saturated heterocycles. The van der Waals surface area contributed by atoms with Gasteiger partial charge in [0.15, 0.2) is 6.29 Å². The first-order valence-electron chi connectivity index (χ1n) is 12.3. The van der Waals surface area contributed by atoms with Crippen LogP contribution in [0.5, 0.6) is 5.75 Å². The Labute approximate surface area is 219 Å². The van der Waals surface area contributed by atoms with Crippen LogP contribution in [-0.4, -0.2) is 49.8 Å². The summed E-state index contributed by atoms with van der Waals surface area (Å²) in [7, 11) is 1.59. The highest BCUT2D eigenvalue weighted by atomic mass is 16.7. The molecule has 2 aromatic rings. The molecule has 8 heteroatoms. The second kappa shape index (κ2) is 10.7. The summed E-state index contributed by atoms with van der Waals surface area (Å²) in [4.78, 5) is 14.9. The predicted molar refractivity (Wildman–Crippen MR) is 143 cm³/mol. The normalized spacial score (nSPS) is 16.8. The summed E-state index contributed by atoms with van der Waals surface area (Å²) in [5.74, 6) is 0.451. The molecule has 1 heterocycles. The molecule has 200 valence electrons. The van der Waals surface area contributed by atoms with Gasteiger partial charge in [-0.3, -0.25) is 4.90 Å². The van der Waals surface area contributed by atoms with Crippen LogP contribution in [0.25, 0.3) is 10.8 Å². The summed E-state index contributed by atoms with van der Waals surface area (Å²) in [6, 6.07) is 11.6. The van der Waals surface area contributed by atoms with Crippen molar-refractivity contribution < 1.29 is 28.5 Å². The predicted octanol–water partition coefficient (Wildman–Crippen LogP) is 6.29. The third-order valence-electron chi connectivity index (χ3n) is 6.44. The minimum absolute atomic E-state index is 0.0636. The Hall–Kier alpha value is -3.12. The molecule has 37 heavy (non-hydrogen) atoms. The zero-order valence-electron chi connectivity index (χ0n) is 23.1. The first kappa shape index (κ1) is 28.5. The van der Waals surface area contributed by atoms with Crippen LogP contribution >= 0.6 is 0 Å². The first-order valence-corrected chi connectivity index (χ1v) is 12.3. The van der Waals surface area contributed by atoms with Gasteiger partial charge >= 0.3 is 6.09 Å². The van der Waals surface area contributed by atoms with Gasteiger partial charge in [0.05, 0.1) is 36.1 Å². The highest BCUT2D eigenvalue weighted by molar-refractivity contribution is 6.05. The highest BCUT2D eigenvalue weighted by Crippen LogP contribution is 2.46. The van der Waals surface area contributed by atoms with Gasteiger partial charge in [0.25, 0.3) is 0 Å². The minimum atomic E-state index is -0.751. The minimum Gasteiger partial charge on any atom is -0.489 e. The third-order valence-corrected chi connectivity index (χ3v) is 6.44. The summed E-state index contributed by atoms with van der Waals surface area (Å²) in [6.45, 7) is 17.7. The maximum Gasteiger partial charge on any atom is 0.415 e. The number of rotatable bonds is 8. The lowest BCUT2D eigenvalue weighted by molar-refractivity contribution is -0.0894. The number of amides is 1. The van der Waals surface area contributed by atoms with E-state index in [1.807, 2.05) is 58.0 Å². The molecule has 2 aromatic carbocycles. The van der Waals surface area contributed by atoms with E-state index in [1.165, 1.54) is 4.90 Å². The molecule has 0 N–H and O–H groups in total. The molecule has 1 fully saturated rings. The van der Waals surface area contributed by atoms with Crippen LogP contribution in [-0.2, 0) is 18.9 Å². The number of ether oxygens (including phenoxy) is 5. The molecule has 0 bridgehead atoms. The van der Waals surface area contributed by atoms with Crippen LogP contribution < -0.4 is 9.64 Å². The first-order chi connectivity index (χ1) is 17.2. The molecule has 0 atom stereocenters. The van der Waals surface area contributed by atoms with E-state index in [1.54, 1.807) is 33.9 Å². The average Bonchev–Trinajstić information content (AvgIpc) is 3.02. The zero-order valence-corrected chi connectivity index (χ0v) is 23.1. The monoisotopic (exact) mass is 510 g/mol. The highest BCUT2D eigenvalue weighted by Gasteiger charge is 2.49. The molecule has 1 aliphatic heterocycles. The van der Waals surface area contributed by atoms with E-state index in [0.29, 0.717) is 18.0 Å². The number of hydrogen-bond donors (Lipinski definition) is 0. The smallest absolute Gasteiger partial charge is 0.415 e. The molecule has 0 aliphatic carbocycles. The van der Waals surface area contributed by atoms with Crippen LogP contribution in [0, 0.1) is 11.3 Å². The van der Waals surface area contributed by atoms with Gasteiger partial charge in [0.2, 0.25) is 0 Å². The van der Waals surface area contributed by atoms with Gasteiger partial charge in [-0.25, -0.2) is 4.79 Å². The number of fused-ring (bicyclic) bond motifs is 1. The molecule has 3 rings (SSSR count). The molecule has 0 saturated carbocycles. The van der Waals surface area contributed by atoms with E-state index in [9.17, 15) is 10.1 Å². The maximum absolute atomic E-state index is 13.5. The van der Waals surface area contributed by atoms with Crippen LogP contribution in [0.15, 0.2) is 42.5 Å². The number of carbonyl (C=O) groups is 1. The number of anilines is 1. The van der Waals surface area contributed by atoms with E-state index in [-0.39, 0.29) is 18.7 Å². The van der Waals surface area contributed by atoms with Crippen LogP contribution in [0.2, 0.25) is 0 Å². The van der Waals surface area contributed by atoms with E-state index in [2.05, 4.69) is 6.58 Å². The zero-order chi connectivity index (χ0) is 27.6. The maximum atomic E-state index is 13.5. The average molecular weight is 511 g/mol. The quantitative estimate of drug-likeness (QED) is 0.304. The Kier molecular flexibility index (Phi) is 8.23. The van der Waals surface area contributed by atoms with Gasteiger partial charge in [-0.05, 0) is 66.0 Å². The van der Waals surface area contributed by atoms with E-state index in [0.717, 1.165) is 16.3 Å². The van der Waals surface area contributed by atoms with E-state index in [4.69, 9.17) is 23.7 Å². The fourth-order valence-corrected chi connectivity index (χ4v) is 3.84. The molecule has 1 amide bonds. The number of nitriles is 1. The number of hydrogen-bond acceptors (Lipinski definition) is 7. The fourth-order valence-electron chi connectivity index (χ4n) is 3.84. The van der Waals surface area contributed by atoms with Gasteiger partial charge < -0.3 is 23.7 Å². The van der Waals surface area contributed by atoms with E-state index < -0.39 is 29.2 Å². The number of nitrogens with zero attached hydrogens (tertiary/aromatic N) is 2. The van der Waals surface area contributed by atoms with Crippen molar-refractivity contribution in [3.8, 4) is 11.8 Å². The van der Waals surface area contributed by atoms with Crippen molar-refractivity contribution in [2.45, 2.75) is 71.6 Å². The van der Waals surface area contributed by atoms with E-state index >= 15 is 0 Å². The van der Waals surface area contributed by atoms with Gasteiger partial charge in [-0.15, -0.1) is 0 Å². The molecular formula is C29H38N2O6. The summed E-state index contributed by atoms with van der Waals surface area (Å²) >= 11 is 0. The van der Waals surface area contributed by atoms with Crippen molar-refractivity contribution in [1.29, 1.82) is 5.26 Å². The van der Waals surface area contributed by atoms with Gasteiger partial charge in [-0.2, -0.15) is 5.26 Å². The topological polar surface area (TPSA) is 90.3 Å². The lowest BCUT2D eigenvalue weighted by Crippen LogP contribution is -2.41. The standard InChI is InChI=1S/C29H38N2O6/c1-19(17-30)18-31(26(32)37-27(2,3)4)24-22-16-21(25-35-28(5,6)29(7,8)36-25)11-10-20(22)12-13-23(24)34-15-14-33-9/h10-13,16,25H,1,14-15,18H2,2-9H3. The summed E-state index contributed by atoms with van der Waals surface area (Å²) in [5, 5.41) is 11.1. The Balaban J connectivity index is 2.20. The third kappa shape index (κ3) is 6.42. The second-order valence-electron chi connectivity index (χ2n) is 11.1. The molecular weight excluding hydrogens is 472 g/mol. The van der Waals surface area contributed by atoms with Crippen molar-refractivity contribution in [3.63, 3.8) is 0 Å². The molecule has 0 radical (unpaired) electrons. The van der Waals surface area contributed by atoms with Crippen LogP contribution in [0.1, 0.15) is 60.3 Å².